The lowest BCUT2D eigenvalue weighted by atomic mass is 10.1. The van der Waals surface area contributed by atoms with Crippen molar-refractivity contribution in [3.8, 4) is 10.8 Å². The van der Waals surface area contributed by atoms with Crippen LogP contribution in [0.5, 0.6) is 0 Å². The lowest BCUT2D eigenvalue weighted by Crippen LogP contribution is -2.23. The molecule has 1 aromatic carbocycles. The fraction of sp³-hybridized carbons (Fsp3) is 0.158. The van der Waals surface area contributed by atoms with Gasteiger partial charge in [0.1, 0.15) is 6.26 Å². The summed E-state index contributed by atoms with van der Waals surface area (Å²) in [6, 6.07) is 12.0. The van der Waals surface area contributed by atoms with E-state index in [-0.39, 0.29) is 5.91 Å². The number of nitrogens with zero attached hydrogens (tertiary/aromatic N) is 1. The summed E-state index contributed by atoms with van der Waals surface area (Å²) in [6.07, 6.45) is 4.71. The Labute approximate surface area is 148 Å². The third-order valence-electron chi connectivity index (χ3n) is 4.05. The minimum absolute atomic E-state index is 0.00551. The van der Waals surface area contributed by atoms with Crippen molar-refractivity contribution in [2.24, 2.45) is 0 Å². The second-order valence-corrected chi connectivity index (χ2v) is 6.71. The summed E-state index contributed by atoms with van der Waals surface area (Å²) in [5.74, 6) is 0.601. The van der Waals surface area contributed by atoms with Crippen molar-refractivity contribution in [3.63, 3.8) is 0 Å². The number of hydrogen-bond acceptors (Lipinski definition) is 4. The number of aryl methyl sites for hydroxylation is 1. The van der Waals surface area contributed by atoms with Crippen LogP contribution in [0.1, 0.15) is 17.7 Å². The van der Waals surface area contributed by atoms with E-state index in [1.54, 1.807) is 17.6 Å². The fourth-order valence-corrected chi connectivity index (χ4v) is 3.42. The van der Waals surface area contributed by atoms with Crippen LogP contribution in [0.2, 0.25) is 0 Å². The van der Waals surface area contributed by atoms with Crippen molar-refractivity contribution in [2.45, 2.75) is 19.4 Å². The first-order valence-corrected chi connectivity index (χ1v) is 8.97. The van der Waals surface area contributed by atoms with Gasteiger partial charge in [-0.1, -0.05) is 24.3 Å². The number of aromatic nitrogens is 2. The van der Waals surface area contributed by atoms with Gasteiger partial charge in [0, 0.05) is 23.5 Å². The molecule has 3 aromatic heterocycles. The molecular weight excluding hydrogens is 334 g/mol. The molecular formula is C19H17N3O2S. The van der Waals surface area contributed by atoms with Crippen LogP contribution in [0.25, 0.3) is 21.7 Å². The van der Waals surface area contributed by atoms with Crippen molar-refractivity contribution in [2.75, 3.05) is 0 Å². The van der Waals surface area contributed by atoms with Crippen LogP contribution in [0.4, 0.5) is 0 Å². The van der Waals surface area contributed by atoms with Gasteiger partial charge in [0.2, 0.25) is 11.8 Å². The maximum atomic E-state index is 12.1. The molecule has 0 spiro atoms. The molecule has 4 aromatic rings. The monoisotopic (exact) mass is 351 g/mol. The third kappa shape index (κ3) is 3.49. The highest BCUT2D eigenvalue weighted by molar-refractivity contribution is 7.13. The van der Waals surface area contributed by atoms with E-state index in [0.717, 1.165) is 21.7 Å². The number of oxazole rings is 1. The quantitative estimate of drug-likeness (QED) is 0.548. The molecule has 4 rings (SSSR count). The fourth-order valence-electron chi connectivity index (χ4n) is 2.77. The number of nitrogens with one attached hydrogen (secondary N) is 2. The van der Waals surface area contributed by atoms with Gasteiger partial charge in [0.05, 0.1) is 17.1 Å². The maximum absolute atomic E-state index is 12.1. The predicted molar refractivity (Wildman–Crippen MR) is 98.3 cm³/mol. The molecule has 1 amide bonds. The first-order chi connectivity index (χ1) is 12.3. The summed E-state index contributed by atoms with van der Waals surface area (Å²) in [4.78, 5) is 20.7. The summed E-state index contributed by atoms with van der Waals surface area (Å²) < 4.78 is 5.45. The maximum Gasteiger partial charge on any atom is 0.236 e. The number of aromatic amines is 1. The highest BCUT2D eigenvalue weighted by atomic mass is 32.1. The van der Waals surface area contributed by atoms with E-state index in [9.17, 15) is 4.79 Å². The Kier molecular flexibility index (Phi) is 4.35. The van der Waals surface area contributed by atoms with E-state index < -0.39 is 0 Å². The van der Waals surface area contributed by atoms with Crippen molar-refractivity contribution in [1.29, 1.82) is 0 Å². The minimum Gasteiger partial charge on any atom is -0.443 e. The van der Waals surface area contributed by atoms with E-state index in [1.165, 1.54) is 5.39 Å². The number of carbonyl (C=O) groups is 1. The molecule has 0 aliphatic carbocycles. The van der Waals surface area contributed by atoms with E-state index in [4.69, 9.17) is 4.42 Å². The average Bonchev–Trinajstić information content (AvgIpc) is 3.38. The number of rotatable bonds is 6. The van der Waals surface area contributed by atoms with Crippen LogP contribution < -0.4 is 5.32 Å². The van der Waals surface area contributed by atoms with Gasteiger partial charge < -0.3 is 14.7 Å². The van der Waals surface area contributed by atoms with E-state index in [1.807, 2.05) is 41.9 Å². The van der Waals surface area contributed by atoms with Gasteiger partial charge >= 0.3 is 0 Å². The number of thiophene rings is 1. The van der Waals surface area contributed by atoms with E-state index in [2.05, 4.69) is 21.4 Å². The van der Waals surface area contributed by atoms with Gasteiger partial charge in [-0.05, 0) is 29.5 Å². The van der Waals surface area contributed by atoms with Crippen LogP contribution in [-0.2, 0) is 17.8 Å². The molecule has 0 saturated heterocycles. The Morgan fingerprint density at radius 3 is 3.04 bits per heavy atom. The Morgan fingerprint density at radius 2 is 2.16 bits per heavy atom. The van der Waals surface area contributed by atoms with Gasteiger partial charge in [-0.3, -0.25) is 4.79 Å². The SMILES string of the molecule is O=C(CCc1c[nH]c2ccccc12)NCc1coc(-c2cccs2)n1. The van der Waals surface area contributed by atoms with Gasteiger partial charge in [-0.2, -0.15) is 0 Å². The van der Waals surface area contributed by atoms with E-state index >= 15 is 0 Å². The van der Waals surface area contributed by atoms with Gasteiger partial charge in [0.15, 0.2) is 0 Å². The first-order valence-electron chi connectivity index (χ1n) is 8.09. The van der Waals surface area contributed by atoms with Crippen molar-refractivity contribution in [3.05, 3.63) is 65.5 Å². The van der Waals surface area contributed by atoms with E-state index in [0.29, 0.717) is 25.3 Å². The molecule has 6 heteroatoms. The van der Waals surface area contributed by atoms with Crippen LogP contribution in [0, 0.1) is 0 Å². The standard InChI is InChI=1S/C19H17N3O2S/c23-18(8-7-13-10-20-16-5-2-1-4-15(13)16)21-11-14-12-24-19(22-14)17-6-3-9-25-17/h1-6,9-10,12,20H,7-8,11H2,(H,21,23). The Hall–Kier alpha value is -2.86. The summed E-state index contributed by atoms with van der Waals surface area (Å²) >= 11 is 1.57. The largest absolute Gasteiger partial charge is 0.443 e. The number of fused-ring (bicyclic) bond motifs is 1. The van der Waals surface area contributed by atoms with Crippen LogP contribution in [0.15, 0.2) is 58.7 Å². The molecule has 25 heavy (non-hydrogen) atoms. The number of para-hydroxylation sites is 1. The topological polar surface area (TPSA) is 70.9 Å². The van der Waals surface area contributed by atoms with Gasteiger partial charge in [-0.25, -0.2) is 4.98 Å². The zero-order valence-corrected chi connectivity index (χ0v) is 14.3. The minimum atomic E-state index is 0.00551. The number of hydrogen-bond donors (Lipinski definition) is 2. The van der Waals surface area contributed by atoms with Gasteiger partial charge in [0.25, 0.3) is 0 Å². The molecule has 0 radical (unpaired) electrons. The summed E-state index contributed by atoms with van der Waals surface area (Å²) in [7, 11) is 0. The molecule has 5 nitrogen and oxygen atoms in total. The van der Waals surface area contributed by atoms with Crippen molar-refractivity contribution < 1.29 is 9.21 Å². The average molecular weight is 351 g/mol. The van der Waals surface area contributed by atoms with Crippen LogP contribution in [-0.4, -0.2) is 15.9 Å². The molecule has 3 heterocycles. The Morgan fingerprint density at radius 1 is 1.24 bits per heavy atom. The number of carbonyl (C=O) groups excluding carboxylic acids is 1. The van der Waals surface area contributed by atoms with Crippen LogP contribution in [0.3, 0.4) is 0 Å². The van der Waals surface area contributed by atoms with Crippen molar-refractivity contribution in [1.82, 2.24) is 15.3 Å². The molecule has 126 valence electrons. The highest BCUT2D eigenvalue weighted by Gasteiger charge is 2.10. The second-order valence-electron chi connectivity index (χ2n) is 5.76. The number of amides is 1. The molecule has 0 atom stereocenters. The molecule has 0 unspecified atom stereocenters. The highest BCUT2D eigenvalue weighted by Crippen LogP contribution is 2.23. The normalized spacial score (nSPS) is 11.0. The van der Waals surface area contributed by atoms with Gasteiger partial charge in [-0.15, -0.1) is 11.3 Å². The third-order valence-corrected chi connectivity index (χ3v) is 4.90. The van der Waals surface area contributed by atoms with Crippen molar-refractivity contribution >= 4 is 28.1 Å². The molecule has 0 fully saturated rings. The first kappa shape index (κ1) is 15.7. The number of benzene rings is 1. The second kappa shape index (κ2) is 6.94. The lowest BCUT2D eigenvalue weighted by molar-refractivity contribution is -0.121. The smallest absolute Gasteiger partial charge is 0.236 e. The number of H-pyrrole nitrogens is 1. The predicted octanol–water partition coefficient (Wildman–Crippen LogP) is 4.13. The molecule has 0 aliphatic rings. The zero-order chi connectivity index (χ0) is 17.1. The molecule has 0 aliphatic heterocycles. The van der Waals surface area contributed by atoms with Crippen LogP contribution >= 0.6 is 11.3 Å². The molecule has 0 bridgehead atoms. The summed E-state index contributed by atoms with van der Waals surface area (Å²) in [5, 5.41) is 6.05. The lowest BCUT2D eigenvalue weighted by Gasteiger charge is -2.02. The zero-order valence-electron chi connectivity index (χ0n) is 13.5. The summed E-state index contributed by atoms with van der Waals surface area (Å²) in [6.45, 7) is 0.377. The Balaban J connectivity index is 1.31. The molecule has 0 saturated carbocycles. The summed E-state index contributed by atoms with van der Waals surface area (Å²) in [5.41, 5.74) is 2.98. The molecule has 2 N–H and O–H groups in total. The Bertz CT molecular complexity index is 985.